The number of aromatic amines is 2. The topological polar surface area (TPSA) is 69.4 Å². The molecule has 0 unspecified atom stereocenters. The molecule has 2 heterocycles. The van der Waals surface area contributed by atoms with E-state index in [0.717, 1.165) is 16.7 Å². The molecule has 6 heteroatoms. The summed E-state index contributed by atoms with van der Waals surface area (Å²) in [5.41, 5.74) is 4.23. The number of benzene rings is 1. The van der Waals surface area contributed by atoms with Crippen LogP contribution >= 0.6 is 12.2 Å². The molecule has 0 aliphatic carbocycles. The van der Waals surface area contributed by atoms with E-state index in [0.29, 0.717) is 10.6 Å². The van der Waals surface area contributed by atoms with Gasteiger partial charge >= 0.3 is 0 Å². The largest absolute Gasteiger partial charge is 0.326 e. The molecule has 0 saturated heterocycles. The van der Waals surface area contributed by atoms with Gasteiger partial charge in [0.05, 0.1) is 11.6 Å². The van der Waals surface area contributed by atoms with E-state index in [4.69, 9.17) is 12.2 Å². The summed E-state index contributed by atoms with van der Waals surface area (Å²) < 4.78 is 0.522. The average molecular weight is 271 g/mol. The molecule has 0 aliphatic heterocycles. The Morgan fingerprint density at radius 2 is 2.05 bits per heavy atom. The number of aromatic nitrogens is 4. The molecule has 0 bridgehead atoms. The second-order valence-corrected chi connectivity index (χ2v) is 4.86. The molecule has 0 aliphatic rings. The SMILES string of the molecule is Cc1ccc(Nc2nc(=S)c3cn[nH]c3[nH]2)cc1C. The van der Waals surface area contributed by atoms with Crippen LogP contribution < -0.4 is 5.32 Å². The van der Waals surface area contributed by atoms with Gasteiger partial charge in [0.1, 0.15) is 10.3 Å². The van der Waals surface area contributed by atoms with Gasteiger partial charge in [-0.15, -0.1) is 0 Å². The molecule has 19 heavy (non-hydrogen) atoms. The predicted octanol–water partition coefficient (Wildman–Crippen LogP) is 3.38. The Balaban J connectivity index is 2.00. The number of nitrogens with zero attached hydrogens (tertiary/aromatic N) is 2. The number of H-pyrrole nitrogens is 2. The van der Waals surface area contributed by atoms with Crippen molar-refractivity contribution in [3.05, 3.63) is 40.2 Å². The fraction of sp³-hybridized carbons (Fsp3) is 0.154. The number of hydrogen-bond donors (Lipinski definition) is 3. The summed E-state index contributed by atoms with van der Waals surface area (Å²) in [6.07, 6.45) is 1.67. The maximum Gasteiger partial charge on any atom is 0.207 e. The van der Waals surface area contributed by atoms with Crippen molar-refractivity contribution in [1.82, 2.24) is 20.2 Å². The molecule has 0 amide bonds. The van der Waals surface area contributed by atoms with Crippen LogP contribution in [0.4, 0.5) is 11.6 Å². The number of anilines is 2. The maximum absolute atomic E-state index is 5.23. The van der Waals surface area contributed by atoms with Gasteiger partial charge in [0.2, 0.25) is 5.95 Å². The molecule has 2 aromatic heterocycles. The van der Waals surface area contributed by atoms with Gasteiger partial charge in [-0.05, 0) is 37.1 Å². The molecular weight excluding hydrogens is 258 g/mol. The Hall–Kier alpha value is -2.21. The summed E-state index contributed by atoms with van der Waals surface area (Å²) in [7, 11) is 0. The fourth-order valence-corrected chi connectivity index (χ4v) is 2.11. The zero-order valence-corrected chi connectivity index (χ0v) is 11.4. The smallest absolute Gasteiger partial charge is 0.207 e. The minimum absolute atomic E-state index is 0.522. The maximum atomic E-state index is 5.23. The molecule has 0 atom stereocenters. The van der Waals surface area contributed by atoms with Crippen molar-refractivity contribution in [1.29, 1.82) is 0 Å². The quantitative estimate of drug-likeness (QED) is 0.625. The Morgan fingerprint density at radius 3 is 2.84 bits per heavy atom. The number of nitrogens with one attached hydrogen (secondary N) is 3. The van der Waals surface area contributed by atoms with E-state index in [-0.39, 0.29) is 0 Å². The predicted molar refractivity (Wildman–Crippen MR) is 78.3 cm³/mol. The van der Waals surface area contributed by atoms with E-state index in [1.807, 2.05) is 6.07 Å². The number of aryl methyl sites for hydroxylation is 2. The van der Waals surface area contributed by atoms with Crippen molar-refractivity contribution in [3.8, 4) is 0 Å². The van der Waals surface area contributed by atoms with Crippen LogP contribution in [-0.2, 0) is 0 Å². The van der Waals surface area contributed by atoms with Crippen molar-refractivity contribution >= 4 is 34.9 Å². The van der Waals surface area contributed by atoms with Crippen LogP contribution in [0.3, 0.4) is 0 Å². The van der Waals surface area contributed by atoms with Crippen LogP contribution in [0.1, 0.15) is 11.1 Å². The first kappa shape index (κ1) is 11.9. The van der Waals surface area contributed by atoms with E-state index in [1.165, 1.54) is 11.1 Å². The van der Waals surface area contributed by atoms with Gasteiger partial charge in [0.15, 0.2) is 0 Å². The first-order valence-electron chi connectivity index (χ1n) is 5.91. The lowest BCUT2D eigenvalue weighted by molar-refractivity contribution is 1.09. The zero-order valence-electron chi connectivity index (χ0n) is 10.6. The fourth-order valence-electron chi connectivity index (χ4n) is 1.87. The van der Waals surface area contributed by atoms with Gasteiger partial charge in [-0.1, -0.05) is 18.3 Å². The van der Waals surface area contributed by atoms with Crippen LogP contribution in [0.2, 0.25) is 0 Å². The van der Waals surface area contributed by atoms with Crippen molar-refractivity contribution in [2.45, 2.75) is 13.8 Å². The van der Waals surface area contributed by atoms with E-state index < -0.39 is 0 Å². The summed E-state index contributed by atoms with van der Waals surface area (Å²) in [5.74, 6) is 0.602. The van der Waals surface area contributed by atoms with Gasteiger partial charge < -0.3 is 10.3 Å². The minimum atomic E-state index is 0.522. The second kappa shape index (κ2) is 4.47. The van der Waals surface area contributed by atoms with Gasteiger partial charge in [-0.3, -0.25) is 5.10 Å². The highest BCUT2D eigenvalue weighted by molar-refractivity contribution is 7.71. The lowest BCUT2D eigenvalue weighted by atomic mass is 10.1. The summed E-state index contributed by atoms with van der Waals surface area (Å²) in [5, 5.41) is 10.8. The molecule has 0 fully saturated rings. The Bertz CT molecular complexity index is 802. The molecule has 96 valence electrons. The van der Waals surface area contributed by atoms with Crippen LogP contribution in [0.5, 0.6) is 0 Å². The Morgan fingerprint density at radius 1 is 1.21 bits per heavy atom. The number of rotatable bonds is 2. The average Bonchev–Trinajstić information content (AvgIpc) is 2.82. The molecule has 3 rings (SSSR count). The molecule has 0 saturated carbocycles. The summed E-state index contributed by atoms with van der Waals surface area (Å²) in [6, 6.07) is 6.16. The number of hydrogen-bond acceptors (Lipinski definition) is 4. The van der Waals surface area contributed by atoms with E-state index >= 15 is 0 Å². The van der Waals surface area contributed by atoms with Crippen LogP contribution in [0.15, 0.2) is 24.4 Å². The van der Waals surface area contributed by atoms with Crippen LogP contribution in [0.25, 0.3) is 11.0 Å². The van der Waals surface area contributed by atoms with Crippen LogP contribution in [0, 0.1) is 18.5 Å². The van der Waals surface area contributed by atoms with Crippen molar-refractivity contribution in [3.63, 3.8) is 0 Å². The van der Waals surface area contributed by atoms with Gasteiger partial charge in [-0.2, -0.15) is 5.10 Å². The first-order chi connectivity index (χ1) is 9.13. The van der Waals surface area contributed by atoms with Crippen molar-refractivity contribution in [2.24, 2.45) is 0 Å². The highest BCUT2D eigenvalue weighted by atomic mass is 32.1. The Labute approximate surface area is 115 Å². The highest BCUT2D eigenvalue weighted by Gasteiger charge is 2.03. The summed E-state index contributed by atoms with van der Waals surface area (Å²) >= 11 is 5.23. The lowest BCUT2D eigenvalue weighted by Crippen LogP contribution is -1.98. The molecule has 0 radical (unpaired) electrons. The van der Waals surface area contributed by atoms with Crippen molar-refractivity contribution < 1.29 is 0 Å². The first-order valence-corrected chi connectivity index (χ1v) is 6.32. The molecule has 3 N–H and O–H groups in total. The zero-order chi connectivity index (χ0) is 13.4. The second-order valence-electron chi connectivity index (χ2n) is 4.47. The third kappa shape index (κ3) is 2.22. The van der Waals surface area contributed by atoms with Gasteiger partial charge in [0.25, 0.3) is 0 Å². The van der Waals surface area contributed by atoms with Crippen LogP contribution in [-0.4, -0.2) is 20.2 Å². The van der Waals surface area contributed by atoms with E-state index in [2.05, 4.69) is 51.5 Å². The van der Waals surface area contributed by atoms with E-state index in [9.17, 15) is 0 Å². The standard InChI is InChI=1S/C13H13N5S/c1-7-3-4-9(5-8(7)2)15-13-16-11-10(6-14-18-11)12(19)17-13/h3-6H,1-2H3,(H3,14,15,16,17,18,19). The third-order valence-electron chi connectivity index (χ3n) is 3.10. The number of fused-ring (bicyclic) bond motifs is 1. The Kier molecular flexibility index (Phi) is 2.79. The van der Waals surface area contributed by atoms with Gasteiger partial charge in [-0.25, -0.2) is 4.98 Å². The van der Waals surface area contributed by atoms with E-state index in [1.54, 1.807) is 6.20 Å². The molecule has 3 aromatic rings. The molecule has 0 spiro atoms. The molecular formula is C13H13N5S. The monoisotopic (exact) mass is 271 g/mol. The third-order valence-corrected chi connectivity index (χ3v) is 3.41. The highest BCUT2D eigenvalue weighted by Crippen LogP contribution is 2.18. The normalized spacial score (nSPS) is 10.8. The molecule has 5 nitrogen and oxygen atoms in total. The summed E-state index contributed by atoms with van der Waals surface area (Å²) in [6.45, 7) is 4.16. The summed E-state index contributed by atoms with van der Waals surface area (Å²) in [4.78, 5) is 7.43. The van der Waals surface area contributed by atoms with Gasteiger partial charge in [0, 0.05) is 5.69 Å². The minimum Gasteiger partial charge on any atom is -0.326 e. The van der Waals surface area contributed by atoms with Crippen molar-refractivity contribution in [2.75, 3.05) is 5.32 Å². The lowest BCUT2D eigenvalue weighted by Gasteiger charge is -2.08. The molecule has 1 aromatic carbocycles.